The van der Waals surface area contributed by atoms with Crippen LogP contribution in [0, 0.1) is 5.82 Å². The summed E-state index contributed by atoms with van der Waals surface area (Å²) >= 11 is 19.4. The number of ether oxygens (including phenoxy) is 2. The van der Waals surface area contributed by atoms with Crippen molar-refractivity contribution in [2.24, 2.45) is 14.1 Å². The third-order valence-electron chi connectivity index (χ3n) is 7.56. The van der Waals surface area contributed by atoms with Crippen LogP contribution < -0.4 is 20.7 Å². The first-order valence-corrected chi connectivity index (χ1v) is 16.0. The third kappa shape index (κ3) is 6.21. The molecule has 5 aromatic rings. The molecular weight excluding hydrogens is 708 g/mol. The Balaban J connectivity index is 1.34. The number of carbonyl (C=O) groups excluding carboxylic acids is 2. The Hall–Kier alpha value is -4.56. The number of hydrogen-bond donors (Lipinski definition) is 0. The van der Waals surface area contributed by atoms with Crippen LogP contribution in [0.3, 0.4) is 0 Å². The van der Waals surface area contributed by atoms with E-state index in [-0.39, 0.29) is 51.7 Å². The average Bonchev–Trinajstić information content (AvgIpc) is 3.53. The highest BCUT2D eigenvalue weighted by Gasteiger charge is 2.35. The van der Waals surface area contributed by atoms with Gasteiger partial charge >= 0.3 is 11.7 Å². The number of aromatic nitrogens is 4. The second-order valence-electron chi connectivity index (χ2n) is 10.6. The summed E-state index contributed by atoms with van der Waals surface area (Å²) in [6.07, 6.45) is 1.53. The summed E-state index contributed by atoms with van der Waals surface area (Å²) in [6.45, 7) is -0.0665. The summed E-state index contributed by atoms with van der Waals surface area (Å²) in [4.78, 5) is 57.6. The Morgan fingerprint density at radius 2 is 1.58 bits per heavy atom. The van der Waals surface area contributed by atoms with E-state index >= 15 is 0 Å². The summed E-state index contributed by atoms with van der Waals surface area (Å²) in [6, 6.07) is 13.5. The molecule has 3 aromatic carbocycles. The highest BCUT2D eigenvalue weighted by Crippen LogP contribution is 2.38. The largest absolute Gasteiger partial charge is 0.493 e. The zero-order valence-corrected chi connectivity index (χ0v) is 28.4. The first-order valence-electron chi connectivity index (χ1n) is 14.0. The Morgan fingerprint density at radius 3 is 2.29 bits per heavy atom. The fraction of sp³-hybridized carbons (Fsp3) is 0.156. The molecule has 11 nitrogen and oxygen atoms in total. The lowest BCUT2D eigenvalue weighted by atomic mass is 10.1. The van der Waals surface area contributed by atoms with Crippen molar-refractivity contribution >= 4 is 75.0 Å². The van der Waals surface area contributed by atoms with Gasteiger partial charge in [0.2, 0.25) is 0 Å². The Kier molecular flexibility index (Phi) is 9.14. The molecule has 0 aliphatic carbocycles. The summed E-state index contributed by atoms with van der Waals surface area (Å²) in [5.74, 6) is -0.621. The fourth-order valence-electron chi connectivity index (χ4n) is 5.04. The van der Waals surface area contributed by atoms with E-state index < -0.39 is 28.2 Å². The molecule has 1 fully saturated rings. The van der Waals surface area contributed by atoms with Crippen LogP contribution in [0.5, 0.6) is 17.5 Å². The average molecular weight is 731 g/mol. The standard InChI is InChI=1S/C32H23Cl3FN5O6S/c1-38-27-26(29(43)39(2)31(38)44)40(14-17-5-7-19(33)12-21(17)34)30(37-27)47-23-9-4-16(10-24(23)46-3)11-25-28(42)41(32(45)48-25)15-18-6-8-20(36)13-22(18)35/h4-13H,14-15H2,1-3H3/b25-11-. The molecule has 0 N–H and O–H groups in total. The maximum absolute atomic E-state index is 13.5. The van der Waals surface area contributed by atoms with Gasteiger partial charge in [0.25, 0.3) is 16.7 Å². The monoisotopic (exact) mass is 729 g/mol. The van der Waals surface area contributed by atoms with E-state index in [1.807, 2.05) is 0 Å². The van der Waals surface area contributed by atoms with Gasteiger partial charge in [-0.25, -0.2) is 9.18 Å². The number of carbonyl (C=O) groups is 2. The summed E-state index contributed by atoms with van der Waals surface area (Å²) in [5.41, 5.74) is 0.595. The maximum Gasteiger partial charge on any atom is 0.332 e. The lowest BCUT2D eigenvalue weighted by Gasteiger charge is -2.14. The maximum atomic E-state index is 13.5. The molecule has 6 rings (SSSR count). The number of halogens is 4. The van der Waals surface area contributed by atoms with Crippen molar-refractivity contribution in [1.29, 1.82) is 0 Å². The molecule has 2 amide bonds. The number of methoxy groups -OCH3 is 1. The van der Waals surface area contributed by atoms with Crippen molar-refractivity contribution in [2.75, 3.05) is 7.11 Å². The zero-order valence-electron chi connectivity index (χ0n) is 25.3. The molecule has 0 unspecified atom stereocenters. The molecular formula is C32H23Cl3FN5O6S. The van der Waals surface area contributed by atoms with Crippen LogP contribution in [-0.4, -0.2) is 41.8 Å². The molecule has 0 radical (unpaired) electrons. The van der Waals surface area contributed by atoms with E-state index in [2.05, 4.69) is 4.98 Å². The van der Waals surface area contributed by atoms with E-state index in [0.717, 1.165) is 27.3 Å². The van der Waals surface area contributed by atoms with Crippen LogP contribution in [0.25, 0.3) is 17.2 Å². The van der Waals surface area contributed by atoms with Gasteiger partial charge in [0, 0.05) is 29.2 Å². The summed E-state index contributed by atoms with van der Waals surface area (Å²) < 4.78 is 29.0. The lowest BCUT2D eigenvalue weighted by Crippen LogP contribution is -2.37. The second kappa shape index (κ2) is 13.2. The van der Waals surface area contributed by atoms with Gasteiger partial charge in [0.1, 0.15) is 5.82 Å². The molecule has 246 valence electrons. The molecule has 0 bridgehead atoms. The summed E-state index contributed by atoms with van der Waals surface area (Å²) in [7, 11) is 4.28. The number of nitrogens with zero attached hydrogens (tertiary/aromatic N) is 5. The van der Waals surface area contributed by atoms with Crippen molar-refractivity contribution in [3.63, 3.8) is 0 Å². The first-order chi connectivity index (χ1) is 22.9. The number of hydrogen-bond acceptors (Lipinski definition) is 8. The van der Waals surface area contributed by atoms with E-state index in [4.69, 9.17) is 44.3 Å². The zero-order chi connectivity index (χ0) is 34.4. The molecule has 3 heterocycles. The lowest BCUT2D eigenvalue weighted by molar-refractivity contribution is -0.123. The van der Waals surface area contributed by atoms with Gasteiger partial charge in [-0.1, -0.05) is 53.0 Å². The van der Waals surface area contributed by atoms with Gasteiger partial charge in [-0.2, -0.15) is 4.98 Å². The number of imide groups is 1. The molecule has 1 saturated heterocycles. The molecule has 2 aromatic heterocycles. The van der Waals surface area contributed by atoms with E-state index in [1.54, 1.807) is 36.4 Å². The number of fused-ring (bicyclic) bond motifs is 1. The minimum Gasteiger partial charge on any atom is -0.493 e. The van der Waals surface area contributed by atoms with Crippen molar-refractivity contribution in [3.05, 3.63) is 118 Å². The molecule has 1 aliphatic heterocycles. The van der Waals surface area contributed by atoms with E-state index in [0.29, 0.717) is 26.7 Å². The van der Waals surface area contributed by atoms with Crippen LogP contribution in [-0.2, 0) is 32.0 Å². The van der Waals surface area contributed by atoms with Gasteiger partial charge in [-0.15, -0.1) is 0 Å². The molecule has 1 aliphatic rings. The van der Waals surface area contributed by atoms with Crippen LogP contribution in [0.15, 0.2) is 69.1 Å². The molecule has 16 heteroatoms. The second-order valence-corrected chi connectivity index (χ2v) is 12.9. The third-order valence-corrected chi connectivity index (χ3v) is 9.41. The fourth-order valence-corrected chi connectivity index (χ4v) is 6.57. The van der Waals surface area contributed by atoms with E-state index in [1.165, 1.54) is 48.5 Å². The highest BCUT2D eigenvalue weighted by atomic mass is 35.5. The highest BCUT2D eigenvalue weighted by molar-refractivity contribution is 8.18. The van der Waals surface area contributed by atoms with Crippen molar-refractivity contribution < 1.29 is 23.5 Å². The smallest absolute Gasteiger partial charge is 0.332 e. The van der Waals surface area contributed by atoms with Gasteiger partial charge in [-0.05, 0) is 70.9 Å². The minimum absolute atomic E-state index is 0.0269. The molecule has 0 atom stereocenters. The number of rotatable bonds is 8. The van der Waals surface area contributed by atoms with Crippen molar-refractivity contribution in [2.45, 2.75) is 13.1 Å². The number of amides is 2. The number of thioether (sulfide) groups is 1. The quantitative estimate of drug-likeness (QED) is 0.164. The number of imidazole rings is 1. The van der Waals surface area contributed by atoms with Gasteiger partial charge in [-0.3, -0.25) is 33.0 Å². The SMILES string of the molecule is COc1cc(/C=C2\SC(=O)N(Cc3ccc(F)cc3Cl)C2=O)ccc1Oc1nc2c(c(=O)n(C)c(=O)n2C)n1Cc1ccc(Cl)cc1Cl. The molecule has 48 heavy (non-hydrogen) atoms. The van der Waals surface area contributed by atoms with Crippen molar-refractivity contribution in [3.8, 4) is 17.5 Å². The summed E-state index contributed by atoms with van der Waals surface area (Å²) in [5, 5.41) is 0.384. The van der Waals surface area contributed by atoms with Crippen molar-refractivity contribution in [1.82, 2.24) is 23.6 Å². The molecule has 0 saturated carbocycles. The topological polar surface area (TPSA) is 118 Å². The van der Waals surface area contributed by atoms with Gasteiger partial charge in [0.15, 0.2) is 22.7 Å². The van der Waals surface area contributed by atoms with Crippen LogP contribution in [0.2, 0.25) is 15.1 Å². The Bertz CT molecular complexity index is 2320. The van der Waals surface area contributed by atoms with Gasteiger partial charge < -0.3 is 9.47 Å². The number of aryl methyl sites for hydroxylation is 1. The normalized spacial score (nSPS) is 14.1. The Labute approximate surface area is 290 Å². The molecule has 0 spiro atoms. The first kappa shape index (κ1) is 33.3. The van der Waals surface area contributed by atoms with Crippen LogP contribution in [0.1, 0.15) is 16.7 Å². The minimum atomic E-state index is -0.585. The van der Waals surface area contributed by atoms with Crippen LogP contribution >= 0.6 is 46.6 Å². The van der Waals surface area contributed by atoms with E-state index in [9.17, 15) is 23.6 Å². The Morgan fingerprint density at radius 1 is 0.875 bits per heavy atom. The predicted molar refractivity (Wildman–Crippen MR) is 182 cm³/mol. The predicted octanol–water partition coefficient (Wildman–Crippen LogP) is 6.62. The van der Waals surface area contributed by atoms with Crippen LogP contribution in [0.4, 0.5) is 9.18 Å². The number of benzene rings is 3. The van der Waals surface area contributed by atoms with Gasteiger partial charge in [0.05, 0.1) is 25.1 Å².